The molecule has 4 heteroatoms. The van der Waals surface area contributed by atoms with Gasteiger partial charge in [0.2, 0.25) is 0 Å². The van der Waals surface area contributed by atoms with Gasteiger partial charge in [-0.3, -0.25) is 4.79 Å². The highest BCUT2D eigenvalue weighted by atomic mass is 16.5. The van der Waals surface area contributed by atoms with Crippen LogP contribution in [0.2, 0.25) is 0 Å². The summed E-state index contributed by atoms with van der Waals surface area (Å²) in [5.41, 5.74) is 0.336. The van der Waals surface area contributed by atoms with Gasteiger partial charge in [-0.05, 0) is 42.3 Å². The number of carbonyl (C=O) groups is 1. The molecule has 0 radical (unpaired) electrons. The van der Waals surface area contributed by atoms with Crippen molar-refractivity contribution in [2.75, 3.05) is 0 Å². The molecule has 0 bridgehead atoms. The van der Waals surface area contributed by atoms with Crippen LogP contribution >= 0.6 is 0 Å². The smallest absolute Gasteiger partial charge is 0.314 e. The minimum absolute atomic E-state index is 0.0348. The standard InChI is InChI=1S/C13H15NO3/c15-13(10-4-2-1-3-5-10)17-12-8-6-11(14-16)7-9-12/h6-10H,1-5H2. The van der Waals surface area contributed by atoms with E-state index in [1.807, 2.05) is 0 Å². The molecule has 1 aliphatic carbocycles. The van der Waals surface area contributed by atoms with Crippen molar-refractivity contribution in [2.45, 2.75) is 32.1 Å². The maximum absolute atomic E-state index is 11.8. The second-order valence-electron chi connectivity index (χ2n) is 4.34. The summed E-state index contributed by atoms with van der Waals surface area (Å²) in [6.07, 6.45) is 5.27. The van der Waals surface area contributed by atoms with Crippen LogP contribution in [-0.2, 0) is 4.79 Å². The molecule has 1 aliphatic rings. The number of hydrogen-bond donors (Lipinski definition) is 0. The summed E-state index contributed by atoms with van der Waals surface area (Å²) < 4.78 is 5.27. The molecule has 0 heterocycles. The number of esters is 1. The van der Waals surface area contributed by atoms with Gasteiger partial charge in [-0.2, -0.15) is 0 Å². The van der Waals surface area contributed by atoms with Crippen molar-refractivity contribution in [2.24, 2.45) is 11.1 Å². The average molecular weight is 233 g/mol. The minimum atomic E-state index is -0.156. The van der Waals surface area contributed by atoms with Crippen LogP contribution in [0.3, 0.4) is 0 Å². The fraction of sp³-hybridized carbons (Fsp3) is 0.462. The Labute approximate surface area is 99.9 Å². The van der Waals surface area contributed by atoms with Crippen molar-refractivity contribution in [3.63, 3.8) is 0 Å². The van der Waals surface area contributed by atoms with Crippen LogP contribution in [0.5, 0.6) is 5.75 Å². The van der Waals surface area contributed by atoms with Crippen molar-refractivity contribution in [1.82, 2.24) is 0 Å². The van der Waals surface area contributed by atoms with Crippen molar-refractivity contribution in [3.05, 3.63) is 29.2 Å². The molecule has 1 aromatic rings. The summed E-state index contributed by atoms with van der Waals surface area (Å²) in [4.78, 5) is 22.0. The molecule has 1 saturated carbocycles. The molecule has 0 unspecified atom stereocenters. The van der Waals surface area contributed by atoms with E-state index < -0.39 is 0 Å². The van der Waals surface area contributed by atoms with Crippen molar-refractivity contribution >= 4 is 11.7 Å². The van der Waals surface area contributed by atoms with Gasteiger partial charge in [0.05, 0.1) is 5.92 Å². The summed E-state index contributed by atoms with van der Waals surface area (Å²) in [5, 5.41) is 2.79. The summed E-state index contributed by atoms with van der Waals surface area (Å²) in [6.45, 7) is 0. The molecule has 0 N–H and O–H groups in total. The van der Waals surface area contributed by atoms with E-state index in [0.717, 1.165) is 25.7 Å². The lowest BCUT2D eigenvalue weighted by molar-refractivity contribution is -0.139. The van der Waals surface area contributed by atoms with Gasteiger partial charge < -0.3 is 4.74 Å². The molecule has 0 amide bonds. The highest BCUT2D eigenvalue weighted by molar-refractivity contribution is 5.75. The third-order valence-corrected chi connectivity index (χ3v) is 3.10. The molecule has 2 rings (SSSR count). The second kappa shape index (κ2) is 5.57. The lowest BCUT2D eigenvalue weighted by Gasteiger charge is -2.19. The van der Waals surface area contributed by atoms with E-state index in [-0.39, 0.29) is 11.9 Å². The van der Waals surface area contributed by atoms with Gasteiger partial charge in [-0.1, -0.05) is 19.3 Å². The Balaban J connectivity index is 1.94. The first-order valence-electron chi connectivity index (χ1n) is 5.95. The van der Waals surface area contributed by atoms with E-state index in [9.17, 15) is 9.70 Å². The molecular formula is C13H15NO3. The fourth-order valence-corrected chi connectivity index (χ4v) is 2.11. The summed E-state index contributed by atoms with van der Waals surface area (Å²) in [5.74, 6) is 0.358. The lowest BCUT2D eigenvalue weighted by atomic mass is 9.89. The molecular weight excluding hydrogens is 218 g/mol. The predicted octanol–water partition coefficient (Wildman–Crippen LogP) is 3.57. The first-order valence-corrected chi connectivity index (χ1v) is 5.95. The SMILES string of the molecule is O=Nc1ccc(OC(=O)C2CCCCC2)cc1. The maximum atomic E-state index is 11.8. The molecule has 0 spiro atoms. The number of benzene rings is 1. The number of hydrogen-bond acceptors (Lipinski definition) is 4. The van der Waals surface area contributed by atoms with Crippen LogP contribution in [0, 0.1) is 10.8 Å². The number of rotatable bonds is 3. The van der Waals surface area contributed by atoms with E-state index in [1.54, 1.807) is 12.1 Å². The van der Waals surface area contributed by atoms with Crippen molar-refractivity contribution in [1.29, 1.82) is 0 Å². The zero-order chi connectivity index (χ0) is 12.1. The second-order valence-corrected chi connectivity index (χ2v) is 4.34. The average Bonchev–Trinajstić information content (AvgIpc) is 2.40. The van der Waals surface area contributed by atoms with E-state index in [4.69, 9.17) is 4.74 Å². The molecule has 17 heavy (non-hydrogen) atoms. The van der Waals surface area contributed by atoms with Crippen LogP contribution in [0.15, 0.2) is 29.4 Å². The summed E-state index contributed by atoms with van der Waals surface area (Å²) in [7, 11) is 0. The Morgan fingerprint density at radius 3 is 2.35 bits per heavy atom. The highest BCUT2D eigenvalue weighted by Crippen LogP contribution is 2.26. The summed E-state index contributed by atoms with van der Waals surface area (Å²) >= 11 is 0. The van der Waals surface area contributed by atoms with Crippen LogP contribution in [0.4, 0.5) is 5.69 Å². The normalized spacial score (nSPS) is 16.5. The van der Waals surface area contributed by atoms with E-state index in [2.05, 4.69) is 5.18 Å². The van der Waals surface area contributed by atoms with Gasteiger partial charge in [0.25, 0.3) is 0 Å². The Kier molecular flexibility index (Phi) is 3.85. The maximum Gasteiger partial charge on any atom is 0.314 e. The van der Waals surface area contributed by atoms with Crippen molar-refractivity contribution in [3.8, 4) is 5.75 Å². The summed E-state index contributed by atoms with van der Waals surface area (Å²) in [6, 6.07) is 6.27. The predicted molar refractivity (Wildman–Crippen MR) is 64.1 cm³/mol. The zero-order valence-corrected chi connectivity index (χ0v) is 9.59. The van der Waals surface area contributed by atoms with E-state index in [1.165, 1.54) is 18.6 Å². The number of ether oxygens (including phenoxy) is 1. The molecule has 90 valence electrons. The Hall–Kier alpha value is -1.71. The van der Waals surface area contributed by atoms with Gasteiger partial charge in [-0.25, -0.2) is 0 Å². The van der Waals surface area contributed by atoms with Crippen LogP contribution in [0.1, 0.15) is 32.1 Å². The lowest BCUT2D eigenvalue weighted by Crippen LogP contribution is -2.22. The van der Waals surface area contributed by atoms with Crippen LogP contribution in [-0.4, -0.2) is 5.97 Å². The zero-order valence-electron chi connectivity index (χ0n) is 9.59. The van der Waals surface area contributed by atoms with Crippen LogP contribution < -0.4 is 4.74 Å². The van der Waals surface area contributed by atoms with Crippen LogP contribution in [0.25, 0.3) is 0 Å². The number of nitrogens with zero attached hydrogens (tertiary/aromatic N) is 1. The first kappa shape index (κ1) is 11.8. The third kappa shape index (κ3) is 3.12. The van der Waals surface area contributed by atoms with E-state index >= 15 is 0 Å². The number of nitroso groups, excluding NO2 is 1. The van der Waals surface area contributed by atoms with Gasteiger partial charge in [-0.15, -0.1) is 4.91 Å². The Bertz CT molecular complexity index is 394. The highest BCUT2D eigenvalue weighted by Gasteiger charge is 2.22. The molecule has 0 aliphatic heterocycles. The largest absolute Gasteiger partial charge is 0.426 e. The van der Waals surface area contributed by atoms with Gasteiger partial charge >= 0.3 is 5.97 Å². The molecule has 0 saturated heterocycles. The third-order valence-electron chi connectivity index (χ3n) is 3.10. The topological polar surface area (TPSA) is 55.7 Å². The molecule has 1 aromatic carbocycles. The monoisotopic (exact) mass is 233 g/mol. The Morgan fingerprint density at radius 1 is 1.12 bits per heavy atom. The molecule has 0 atom stereocenters. The van der Waals surface area contributed by atoms with Crippen molar-refractivity contribution < 1.29 is 9.53 Å². The number of carbonyl (C=O) groups excluding carboxylic acids is 1. The van der Waals surface area contributed by atoms with Gasteiger partial charge in [0, 0.05) is 0 Å². The fourth-order valence-electron chi connectivity index (χ4n) is 2.11. The van der Waals surface area contributed by atoms with E-state index in [0.29, 0.717) is 11.4 Å². The first-order chi connectivity index (χ1) is 8.29. The molecule has 0 aromatic heterocycles. The molecule has 4 nitrogen and oxygen atoms in total. The van der Waals surface area contributed by atoms with Gasteiger partial charge in [0.1, 0.15) is 11.4 Å². The Morgan fingerprint density at radius 2 is 1.76 bits per heavy atom. The quantitative estimate of drug-likeness (QED) is 0.455. The minimum Gasteiger partial charge on any atom is -0.426 e. The molecule has 1 fully saturated rings. The van der Waals surface area contributed by atoms with Gasteiger partial charge in [0.15, 0.2) is 0 Å².